The van der Waals surface area contributed by atoms with Crippen LogP contribution in [0.5, 0.6) is 0 Å². The molecule has 0 saturated carbocycles. The van der Waals surface area contributed by atoms with Crippen LogP contribution in [0.15, 0.2) is 0 Å². The number of hydrogen-bond acceptors (Lipinski definition) is 4. The van der Waals surface area contributed by atoms with Gasteiger partial charge in [0.2, 0.25) is 11.8 Å². The van der Waals surface area contributed by atoms with Crippen molar-refractivity contribution in [3.63, 3.8) is 0 Å². The van der Waals surface area contributed by atoms with E-state index in [1.807, 2.05) is 0 Å². The van der Waals surface area contributed by atoms with Crippen molar-refractivity contribution in [1.29, 1.82) is 0 Å². The smallest absolute Gasteiger partial charge is 0.242 e. The molecule has 92 valence electrons. The average molecular weight is 230 g/mol. The maximum Gasteiger partial charge on any atom is 0.242 e. The first-order chi connectivity index (χ1) is 7.63. The maximum absolute atomic E-state index is 11.5. The lowest BCUT2D eigenvalue weighted by atomic mass is 10.2. The van der Waals surface area contributed by atoms with Crippen molar-refractivity contribution < 1.29 is 19.4 Å². The van der Waals surface area contributed by atoms with Gasteiger partial charge in [-0.05, 0) is 12.8 Å². The topological polar surface area (TPSA) is 87.7 Å². The Balaban J connectivity index is 2.13. The van der Waals surface area contributed by atoms with Crippen LogP contribution in [0.4, 0.5) is 0 Å². The van der Waals surface area contributed by atoms with E-state index in [9.17, 15) is 14.7 Å². The van der Waals surface area contributed by atoms with Crippen molar-refractivity contribution in [1.82, 2.24) is 10.6 Å². The zero-order chi connectivity index (χ0) is 12.0. The lowest BCUT2D eigenvalue weighted by Gasteiger charge is -2.13. The Hall–Kier alpha value is -1.14. The molecule has 1 aliphatic rings. The van der Waals surface area contributed by atoms with E-state index in [0.717, 1.165) is 0 Å². The zero-order valence-corrected chi connectivity index (χ0v) is 9.36. The van der Waals surface area contributed by atoms with Gasteiger partial charge in [-0.2, -0.15) is 0 Å². The first-order valence-corrected chi connectivity index (χ1v) is 5.37. The molecule has 0 radical (unpaired) electrons. The summed E-state index contributed by atoms with van der Waals surface area (Å²) >= 11 is 0. The molecule has 0 aliphatic carbocycles. The van der Waals surface area contributed by atoms with Crippen molar-refractivity contribution in [2.75, 3.05) is 20.3 Å². The fraction of sp³-hybridized carbons (Fsp3) is 0.800. The third-order valence-electron chi connectivity index (χ3n) is 2.45. The zero-order valence-electron chi connectivity index (χ0n) is 9.36. The molecule has 0 aromatic carbocycles. The lowest BCUT2D eigenvalue weighted by molar-refractivity contribution is -0.125. The van der Waals surface area contributed by atoms with Crippen molar-refractivity contribution in [2.45, 2.75) is 31.4 Å². The molecule has 0 bridgehead atoms. The minimum atomic E-state index is -0.566. The number of ether oxygens (including phenoxy) is 1. The number of aliphatic hydroxyl groups is 1. The number of nitrogens with one attached hydrogen (secondary N) is 2. The highest BCUT2D eigenvalue weighted by molar-refractivity contribution is 5.90. The molecule has 1 heterocycles. The summed E-state index contributed by atoms with van der Waals surface area (Å²) in [5.74, 6) is -0.268. The number of methoxy groups -OCH3 is 1. The van der Waals surface area contributed by atoms with Gasteiger partial charge in [0, 0.05) is 20.1 Å². The standard InChI is InChI=1S/C10H18N2O4/c1-16-6-7(13)4-5-11-10(15)8-2-3-9(14)12-8/h7-8,13H,2-6H2,1H3,(H,11,15)(H,12,14)/t7?,8-/m0/s1. The molecule has 1 unspecified atom stereocenters. The fourth-order valence-corrected chi connectivity index (χ4v) is 1.57. The van der Waals surface area contributed by atoms with E-state index in [4.69, 9.17) is 4.74 Å². The number of carbonyl (C=O) groups is 2. The van der Waals surface area contributed by atoms with E-state index in [0.29, 0.717) is 25.8 Å². The quantitative estimate of drug-likeness (QED) is 0.533. The largest absolute Gasteiger partial charge is 0.391 e. The highest BCUT2D eigenvalue weighted by Crippen LogP contribution is 2.06. The summed E-state index contributed by atoms with van der Waals surface area (Å²) in [7, 11) is 1.51. The van der Waals surface area contributed by atoms with Gasteiger partial charge in [0.15, 0.2) is 0 Å². The number of rotatable bonds is 6. The third kappa shape index (κ3) is 4.16. The average Bonchev–Trinajstić information content (AvgIpc) is 2.65. The van der Waals surface area contributed by atoms with Gasteiger partial charge in [-0.1, -0.05) is 0 Å². The number of aliphatic hydroxyl groups excluding tert-OH is 1. The Labute approximate surface area is 94.3 Å². The highest BCUT2D eigenvalue weighted by Gasteiger charge is 2.26. The minimum absolute atomic E-state index is 0.0837. The number of carbonyl (C=O) groups excluding carboxylic acids is 2. The molecule has 0 aromatic rings. The minimum Gasteiger partial charge on any atom is -0.391 e. The van der Waals surface area contributed by atoms with Gasteiger partial charge in [-0.25, -0.2) is 0 Å². The van der Waals surface area contributed by atoms with Crippen molar-refractivity contribution >= 4 is 11.8 Å². The lowest BCUT2D eigenvalue weighted by Crippen LogP contribution is -2.42. The molecular weight excluding hydrogens is 212 g/mol. The Morgan fingerprint density at radius 1 is 1.75 bits per heavy atom. The molecule has 2 amide bonds. The van der Waals surface area contributed by atoms with Crippen molar-refractivity contribution in [3.8, 4) is 0 Å². The summed E-state index contributed by atoms with van der Waals surface area (Å²) in [4.78, 5) is 22.4. The molecule has 0 aromatic heterocycles. The first-order valence-electron chi connectivity index (χ1n) is 5.37. The molecule has 0 spiro atoms. The predicted octanol–water partition coefficient (Wildman–Crippen LogP) is -1.22. The normalized spacial score (nSPS) is 21.6. The second-order valence-electron chi connectivity index (χ2n) is 3.85. The molecule has 6 nitrogen and oxygen atoms in total. The molecule has 1 saturated heterocycles. The summed E-state index contributed by atoms with van der Waals surface area (Å²) < 4.78 is 4.76. The monoisotopic (exact) mass is 230 g/mol. The SMILES string of the molecule is COCC(O)CCNC(=O)[C@@H]1CCC(=O)N1. The van der Waals surface area contributed by atoms with E-state index in [1.54, 1.807) is 0 Å². The van der Waals surface area contributed by atoms with Crippen LogP contribution in [0, 0.1) is 0 Å². The summed E-state index contributed by atoms with van der Waals surface area (Å²) in [6.07, 6.45) is 0.833. The predicted molar refractivity (Wildman–Crippen MR) is 56.7 cm³/mol. The number of amides is 2. The van der Waals surface area contributed by atoms with Crippen LogP contribution in [-0.2, 0) is 14.3 Å². The Morgan fingerprint density at radius 3 is 3.06 bits per heavy atom. The summed E-state index contributed by atoms with van der Waals surface area (Å²) in [5.41, 5.74) is 0. The molecule has 6 heteroatoms. The van der Waals surface area contributed by atoms with Gasteiger partial charge < -0.3 is 20.5 Å². The summed E-state index contributed by atoms with van der Waals surface area (Å²) in [6, 6.07) is -0.410. The van der Waals surface area contributed by atoms with E-state index in [2.05, 4.69) is 10.6 Å². The van der Waals surface area contributed by atoms with Gasteiger partial charge >= 0.3 is 0 Å². The highest BCUT2D eigenvalue weighted by atomic mass is 16.5. The van der Waals surface area contributed by atoms with Crippen LogP contribution < -0.4 is 10.6 Å². The van der Waals surface area contributed by atoms with Crippen LogP contribution in [0.2, 0.25) is 0 Å². The first kappa shape index (κ1) is 12.9. The van der Waals surface area contributed by atoms with Crippen LogP contribution in [0.3, 0.4) is 0 Å². The second kappa shape index (κ2) is 6.44. The van der Waals surface area contributed by atoms with Crippen LogP contribution in [-0.4, -0.2) is 49.3 Å². The maximum atomic E-state index is 11.5. The van der Waals surface area contributed by atoms with E-state index < -0.39 is 12.1 Å². The Kier molecular flexibility index (Phi) is 5.21. The van der Waals surface area contributed by atoms with Gasteiger partial charge in [-0.15, -0.1) is 0 Å². The fourth-order valence-electron chi connectivity index (χ4n) is 1.57. The molecule has 1 aliphatic heterocycles. The van der Waals surface area contributed by atoms with Gasteiger partial charge in [0.05, 0.1) is 12.7 Å². The molecule has 3 N–H and O–H groups in total. The molecular formula is C10H18N2O4. The van der Waals surface area contributed by atoms with Gasteiger partial charge in [-0.3, -0.25) is 9.59 Å². The van der Waals surface area contributed by atoms with Crippen LogP contribution in [0.1, 0.15) is 19.3 Å². The van der Waals surface area contributed by atoms with E-state index >= 15 is 0 Å². The van der Waals surface area contributed by atoms with E-state index in [-0.39, 0.29) is 18.4 Å². The van der Waals surface area contributed by atoms with Crippen LogP contribution >= 0.6 is 0 Å². The molecule has 16 heavy (non-hydrogen) atoms. The molecule has 2 atom stereocenters. The molecule has 1 fully saturated rings. The summed E-state index contributed by atoms with van der Waals surface area (Å²) in [5, 5.41) is 14.6. The van der Waals surface area contributed by atoms with Crippen molar-refractivity contribution in [3.05, 3.63) is 0 Å². The Bertz CT molecular complexity index is 257. The molecule has 1 rings (SSSR count). The third-order valence-corrected chi connectivity index (χ3v) is 2.45. The van der Waals surface area contributed by atoms with Gasteiger partial charge in [0.1, 0.15) is 6.04 Å². The van der Waals surface area contributed by atoms with Crippen molar-refractivity contribution in [2.24, 2.45) is 0 Å². The second-order valence-corrected chi connectivity index (χ2v) is 3.85. The Morgan fingerprint density at radius 2 is 2.50 bits per heavy atom. The summed E-state index contributed by atoms with van der Waals surface area (Å²) in [6.45, 7) is 0.645. The van der Waals surface area contributed by atoms with E-state index in [1.165, 1.54) is 7.11 Å². The van der Waals surface area contributed by atoms with Gasteiger partial charge in [0.25, 0.3) is 0 Å². The number of hydrogen-bond donors (Lipinski definition) is 3. The van der Waals surface area contributed by atoms with Crippen LogP contribution in [0.25, 0.3) is 0 Å².